The zero-order chi connectivity index (χ0) is 12.0. The van der Waals surface area contributed by atoms with E-state index in [1.165, 1.54) is 6.42 Å². The number of hydrogen-bond donors (Lipinski definition) is 3. The lowest BCUT2D eigenvalue weighted by Gasteiger charge is -2.21. The first kappa shape index (κ1) is 12.8. The van der Waals surface area contributed by atoms with Crippen molar-refractivity contribution in [3.8, 4) is 0 Å². The topological polar surface area (TPSA) is 80.4 Å². The SMILES string of the molecule is C=[NH+]C(=O)C(CO)NC(=O)C1CCCCC1. The monoisotopic (exact) mass is 227 g/mol. The molecule has 0 spiro atoms. The Morgan fingerprint density at radius 2 is 2.00 bits per heavy atom. The van der Waals surface area contributed by atoms with E-state index in [-0.39, 0.29) is 11.8 Å². The van der Waals surface area contributed by atoms with E-state index in [2.05, 4.69) is 17.0 Å². The van der Waals surface area contributed by atoms with Crippen LogP contribution in [-0.2, 0) is 9.59 Å². The summed E-state index contributed by atoms with van der Waals surface area (Å²) in [5.74, 6) is -0.616. The molecule has 90 valence electrons. The molecule has 0 radical (unpaired) electrons. The first-order valence-electron chi connectivity index (χ1n) is 5.67. The number of carbonyl (C=O) groups is 2. The van der Waals surface area contributed by atoms with Crippen molar-refractivity contribution >= 4 is 18.5 Å². The summed E-state index contributed by atoms with van der Waals surface area (Å²) in [4.78, 5) is 25.1. The Morgan fingerprint density at radius 3 is 2.50 bits per heavy atom. The van der Waals surface area contributed by atoms with Gasteiger partial charge < -0.3 is 10.4 Å². The summed E-state index contributed by atoms with van der Waals surface area (Å²) in [7, 11) is 0. The molecule has 0 aromatic heterocycles. The summed E-state index contributed by atoms with van der Waals surface area (Å²) in [6.45, 7) is 2.81. The van der Waals surface area contributed by atoms with Gasteiger partial charge in [0.05, 0.1) is 6.61 Å². The number of carbonyl (C=O) groups excluding carboxylic acids is 2. The number of amides is 2. The molecule has 1 aliphatic rings. The van der Waals surface area contributed by atoms with E-state index < -0.39 is 18.6 Å². The molecule has 1 aliphatic carbocycles. The van der Waals surface area contributed by atoms with Crippen molar-refractivity contribution in [1.29, 1.82) is 0 Å². The van der Waals surface area contributed by atoms with Crippen LogP contribution in [0.25, 0.3) is 0 Å². The predicted molar refractivity (Wildman–Crippen MR) is 58.7 cm³/mol. The van der Waals surface area contributed by atoms with Gasteiger partial charge in [-0.1, -0.05) is 19.3 Å². The number of rotatable bonds is 4. The Kier molecular flexibility index (Phi) is 5.11. The van der Waals surface area contributed by atoms with E-state index in [1.807, 2.05) is 0 Å². The van der Waals surface area contributed by atoms with Gasteiger partial charge in [-0.25, -0.2) is 4.79 Å². The molecule has 0 bridgehead atoms. The minimum absolute atomic E-state index is 0.0135. The van der Waals surface area contributed by atoms with Crippen molar-refractivity contribution < 1.29 is 19.7 Å². The Hall–Kier alpha value is -1.23. The number of aliphatic hydroxyl groups excluding tert-OH is 1. The van der Waals surface area contributed by atoms with Gasteiger partial charge in [0.2, 0.25) is 5.91 Å². The van der Waals surface area contributed by atoms with Crippen molar-refractivity contribution in [3.05, 3.63) is 0 Å². The lowest BCUT2D eigenvalue weighted by atomic mass is 9.88. The van der Waals surface area contributed by atoms with E-state index in [1.54, 1.807) is 0 Å². The molecule has 2 amide bonds. The van der Waals surface area contributed by atoms with Crippen LogP contribution in [0.4, 0.5) is 0 Å². The van der Waals surface area contributed by atoms with Crippen LogP contribution in [0.3, 0.4) is 0 Å². The number of hydrogen-bond acceptors (Lipinski definition) is 3. The van der Waals surface area contributed by atoms with E-state index in [9.17, 15) is 9.59 Å². The fraction of sp³-hybridized carbons (Fsp3) is 0.727. The summed E-state index contributed by atoms with van der Waals surface area (Å²) in [6.07, 6.45) is 5.03. The second kappa shape index (κ2) is 6.37. The fourth-order valence-corrected chi connectivity index (χ4v) is 1.97. The predicted octanol–water partition coefficient (Wildman–Crippen LogP) is -1.65. The standard InChI is InChI=1S/C11H18N2O3/c1-12-11(16)9(7-14)13-10(15)8-5-3-2-4-6-8/h8-9,14H,1-7H2,(H,13,15)/p+1. The highest BCUT2D eigenvalue weighted by atomic mass is 16.3. The Morgan fingerprint density at radius 1 is 1.38 bits per heavy atom. The molecule has 1 rings (SSSR count). The number of nitrogens with one attached hydrogen (secondary N) is 2. The highest BCUT2D eigenvalue weighted by Crippen LogP contribution is 2.23. The van der Waals surface area contributed by atoms with Crippen molar-refractivity contribution in [2.24, 2.45) is 5.92 Å². The van der Waals surface area contributed by atoms with E-state index in [0.717, 1.165) is 25.7 Å². The minimum atomic E-state index is -0.882. The molecule has 0 aliphatic heterocycles. The summed E-state index contributed by atoms with van der Waals surface area (Å²) < 4.78 is 0. The van der Waals surface area contributed by atoms with E-state index in [0.29, 0.717) is 0 Å². The highest BCUT2D eigenvalue weighted by Gasteiger charge is 2.28. The Labute approximate surface area is 94.9 Å². The molecular formula is C11H19N2O3+. The van der Waals surface area contributed by atoms with Crippen molar-refractivity contribution in [1.82, 2.24) is 5.32 Å². The number of aliphatic hydroxyl groups is 1. The van der Waals surface area contributed by atoms with Gasteiger partial charge in [0.25, 0.3) is 0 Å². The van der Waals surface area contributed by atoms with Gasteiger partial charge in [-0.15, -0.1) is 0 Å². The normalized spacial score (nSPS) is 18.8. The summed E-state index contributed by atoms with van der Waals surface area (Å²) in [5.41, 5.74) is 0. The Bertz CT molecular complexity index is 272. The first-order valence-corrected chi connectivity index (χ1v) is 5.67. The van der Waals surface area contributed by atoms with Gasteiger partial charge in [0, 0.05) is 5.92 Å². The molecular weight excluding hydrogens is 208 g/mol. The third-order valence-corrected chi connectivity index (χ3v) is 2.97. The fourth-order valence-electron chi connectivity index (χ4n) is 1.97. The molecule has 0 aromatic carbocycles. The average molecular weight is 227 g/mol. The quantitative estimate of drug-likeness (QED) is 0.503. The molecule has 16 heavy (non-hydrogen) atoms. The van der Waals surface area contributed by atoms with Gasteiger partial charge in [0.1, 0.15) is 6.72 Å². The van der Waals surface area contributed by atoms with Crippen LogP contribution in [0.15, 0.2) is 0 Å². The van der Waals surface area contributed by atoms with E-state index >= 15 is 0 Å². The highest BCUT2D eigenvalue weighted by molar-refractivity contribution is 5.84. The Balaban J connectivity index is 2.47. The molecule has 1 atom stereocenters. The van der Waals surface area contributed by atoms with Gasteiger partial charge in [0.15, 0.2) is 6.04 Å². The second-order valence-electron chi connectivity index (χ2n) is 4.12. The molecule has 0 heterocycles. The zero-order valence-corrected chi connectivity index (χ0v) is 9.37. The van der Waals surface area contributed by atoms with Gasteiger partial charge >= 0.3 is 5.91 Å². The van der Waals surface area contributed by atoms with Crippen LogP contribution in [0.2, 0.25) is 0 Å². The minimum Gasteiger partial charge on any atom is -0.393 e. The van der Waals surface area contributed by atoms with Crippen LogP contribution in [0.5, 0.6) is 0 Å². The molecule has 5 heteroatoms. The molecule has 0 aromatic rings. The second-order valence-corrected chi connectivity index (χ2v) is 4.12. The van der Waals surface area contributed by atoms with Gasteiger partial charge in [-0.2, -0.15) is 4.99 Å². The zero-order valence-electron chi connectivity index (χ0n) is 9.37. The largest absolute Gasteiger partial charge is 0.409 e. The van der Waals surface area contributed by atoms with Crippen LogP contribution < -0.4 is 10.3 Å². The maximum absolute atomic E-state index is 11.8. The van der Waals surface area contributed by atoms with Crippen LogP contribution >= 0.6 is 0 Å². The first-order chi connectivity index (χ1) is 7.69. The molecule has 1 saturated carbocycles. The maximum Gasteiger partial charge on any atom is 0.409 e. The van der Waals surface area contributed by atoms with Gasteiger partial charge in [-0.3, -0.25) is 4.79 Å². The third kappa shape index (κ3) is 3.41. The molecule has 0 saturated heterocycles. The molecule has 1 unspecified atom stereocenters. The maximum atomic E-state index is 11.8. The lowest BCUT2D eigenvalue weighted by Crippen LogP contribution is -2.77. The van der Waals surface area contributed by atoms with Gasteiger partial charge in [-0.05, 0) is 12.8 Å². The summed E-state index contributed by atoms with van der Waals surface area (Å²) >= 11 is 0. The van der Waals surface area contributed by atoms with Crippen molar-refractivity contribution in [3.63, 3.8) is 0 Å². The summed E-state index contributed by atoms with van der Waals surface area (Å²) in [6, 6.07) is -0.882. The molecule has 1 fully saturated rings. The van der Waals surface area contributed by atoms with Crippen LogP contribution in [-0.4, -0.2) is 36.3 Å². The lowest BCUT2D eigenvalue weighted by molar-refractivity contribution is -0.371. The van der Waals surface area contributed by atoms with Crippen LogP contribution in [0.1, 0.15) is 32.1 Å². The molecule has 5 nitrogen and oxygen atoms in total. The summed E-state index contributed by atoms with van der Waals surface area (Å²) in [5, 5.41) is 11.5. The average Bonchev–Trinajstić information content (AvgIpc) is 2.35. The third-order valence-electron chi connectivity index (χ3n) is 2.97. The van der Waals surface area contributed by atoms with Crippen molar-refractivity contribution in [2.75, 3.05) is 6.61 Å². The molecule has 3 N–H and O–H groups in total. The van der Waals surface area contributed by atoms with Crippen LogP contribution in [0, 0.1) is 5.92 Å². The smallest absolute Gasteiger partial charge is 0.393 e. The van der Waals surface area contributed by atoms with E-state index in [4.69, 9.17) is 5.11 Å². The van der Waals surface area contributed by atoms with Crippen molar-refractivity contribution in [2.45, 2.75) is 38.1 Å².